The van der Waals surface area contributed by atoms with Crippen molar-refractivity contribution in [2.24, 2.45) is 0 Å². The van der Waals surface area contributed by atoms with Gasteiger partial charge in [0.2, 0.25) is 0 Å². The topological polar surface area (TPSA) is 53.9 Å². The highest BCUT2D eigenvalue weighted by atomic mass is 32.1. The highest BCUT2D eigenvalue weighted by Crippen LogP contribution is 2.29. The molecule has 8 heteroatoms. The minimum absolute atomic E-state index is 0.178. The predicted molar refractivity (Wildman–Crippen MR) is 92.0 cm³/mol. The molecule has 3 rings (SSSR count). The molecule has 0 atom stereocenters. The van der Waals surface area contributed by atoms with Crippen LogP contribution in [0.15, 0.2) is 18.2 Å². The zero-order chi connectivity index (χ0) is 18.1. The van der Waals surface area contributed by atoms with Gasteiger partial charge in [0, 0.05) is 25.0 Å². The molecular formula is C17H20F2N4OS. The minimum atomic E-state index is -1.09. The molecule has 134 valence electrons. The third-order valence-corrected chi connectivity index (χ3v) is 4.87. The number of likely N-dealkylation sites (tertiary alicyclic amines) is 1. The molecule has 0 saturated carbocycles. The van der Waals surface area contributed by atoms with Gasteiger partial charge in [-0.3, -0.25) is 9.89 Å². The van der Waals surface area contributed by atoms with Crippen LogP contribution >= 0.6 is 12.2 Å². The Bertz CT molecular complexity index is 837. The molecule has 2 aromatic rings. The number of aromatic nitrogens is 3. The van der Waals surface area contributed by atoms with Crippen molar-refractivity contribution in [3.63, 3.8) is 0 Å². The van der Waals surface area contributed by atoms with Gasteiger partial charge in [-0.25, -0.2) is 8.78 Å². The van der Waals surface area contributed by atoms with Crippen molar-refractivity contribution in [1.29, 1.82) is 0 Å². The maximum absolute atomic E-state index is 13.8. The fourth-order valence-electron chi connectivity index (χ4n) is 3.28. The molecule has 1 aromatic carbocycles. The van der Waals surface area contributed by atoms with Gasteiger partial charge in [-0.15, -0.1) is 0 Å². The van der Waals surface area contributed by atoms with Gasteiger partial charge in [-0.1, -0.05) is 6.07 Å². The highest BCUT2D eigenvalue weighted by Gasteiger charge is 2.29. The van der Waals surface area contributed by atoms with Crippen LogP contribution in [0.5, 0.6) is 0 Å². The Hall–Kier alpha value is -2.09. The molecule has 1 N–H and O–H groups in total. The summed E-state index contributed by atoms with van der Waals surface area (Å²) in [5, 5.41) is 7.18. The largest absolute Gasteiger partial charge is 0.339 e. The number of hydrogen-bond acceptors (Lipinski definition) is 3. The number of halogens is 2. The van der Waals surface area contributed by atoms with Crippen molar-refractivity contribution in [2.45, 2.75) is 38.6 Å². The molecule has 0 unspecified atom stereocenters. The lowest BCUT2D eigenvalue weighted by molar-refractivity contribution is 0.0704. The summed E-state index contributed by atoms with van der Waals surface area (Å²) in [5.41, 5.74) is -0.219. The average molecular weight is 366 g/mol. The molecule has 2 heterocycles. The fourth-order valence-corrected chi connectivity index (χ4v) is 3.63. The second-order valence-corrected chi connectivity index (χ2v) is 6.91. The first-order chi connectivity index (χ1) is 11.9. The van der Waals surface area contributed by atoms with Crippen LogP contribution in [0.25, 0.3) is 0 Å². The highest BCUT2D eigenvalue weighted by molar-refractivity contribution is 7.71. The van der Waals surface area contributed by atoms with Crippen molar-refractivity contribution < 1.29 is 13.6 Å². The van der Waals surface area contributed by atoms with Crippen LogP contribution in [0.1, 0.15) is 54.8 Å². The number of carbonyl (C=O) groups excluding carboxylic acids is 1. The molecule has 0 bridgehead atoms. The summed E-state index contributed by atoms with van der Waals surface area (Å²) < 4.78 is 29.8. The molecule has 1 fully saturated rings. The number of piperidine rings is 1. The minimum Gasteiger partial charge on any atom is -0.339 e. The number of rotatable bonds is 3. The van der Waals surface area contributed by atoms with E-state index in [1.165, 1.54) is 12.1 Å². The van der Waals surface area contributed by atoms with Crippen LogP contribution in [0.3, 0.4) is 0 Å². The predicted octanol–water partition coefficient (Wildman–Crippen LogP) is 3.82. The van der Waals surface area contributed by atoms with E-state index >= 15 is 0 Å². The van der Waals surface area contributed by atoms with Gasteiger partial charge in [0.1, 0.15) is 5.82 Å². The van der Waals surface area contributed by atoms with Gasteiger partial charge in [0.15, 0.2) is 16.4 Å². The molecule has 0 aliphatic carbocycles. The summed E-state index contributed by atoms with van der Waals surface area (Å²) in [6.45, 7) is 5.02. The quantitative estimate of drug-likeness (QED) is 0.840. The number of aromatic amines is 1. The van der Waals surface area contributed by atoms with Crippen molar-refractivity contribution >= 4 is 18.1 Å². The van der Waals surface area contributed by atoms with Gasteiger partial charge in [0.05, 0.1) is 5.56 Å². The molecule has 1 saturated heterocycles. The molecule has 1 amide bonds. The van der Waals surface area contributed by atoms with E-state index in [0.29, 0.717) is 30.7 Å². The number of nitrogens with zero attached hydrogens (tertiary/aromatic N) is 3. The van der Waals surface area contributed by atoms with Gasteiger partial charge >= 0.3 is 0 Å². The van der Waals surface area contributed by atoms with E-state index < -0.39 is 17.5 Å². The van der Waals surface area contributed by atoms with Gasteiger partial charge < -0.3 is 9.47 Å². The summed E-state index contributed by atoms with van der Waals surface area (Å²) in [6, 6.07) is 3.87. The molecule has 1 aliphatic heterocycles. The fraction of sp³-hybridized carbons (Fsp3) is 0.471. The first-order valence-electron chi connectivity index (χ1n) is 8.30. The van der Waals surface area contributed by atoms with E-state index in [0.717, 1.165) is 11.9 Å². The number of nitrogens with one attached hydrogen (secondary N) is 1. The summed E-state index contributed by atoms with van der Waals surface area (Å²) >= 11 is 5.28. The monoisotopic (exact) mass is 366 g/mol. The van der Waals surface area contributed by atoms with E-state index in [4.69, 9.17) is 12.2 Å². The average Bonchev–Trinajstić information content (AvgIpc) is 2.99. The summed E-state index contributed by atoms with van der Waals surface area (Å²) in [5.74, 6) is -1.50. The number of carbonyl (C=O) groups is 1. The van der Waals surface area contributed by atoms with Crippen molar-refractivity contribution in [3.8, 4) is 0 Å². The molecule has 0 spiro atoms. The Balaban J connectivity index is 1.73. The van der Waals surface area contributed by atoms with Crippen LogP contribution in [-0.2, 0) is 0 Å². The van der Waals surface area contributed by atoms with Crippen LogP contribution in [-0.4, -0.2) is 38.7 Å². The third kappa shape index (κ3) is 3.35. The smallest absolute Gasteiger partial charge is 0.256 e. The zero-order valence-electron chi connectivity index (χ0n) is 14.1. The van der Waals surface area contributed by atoms with Crippen molar-refractivity contribution in [1.82, 2.24) is 19.7 Å². The third-order valence-electron chi connectivity index (χ3n) is 4.58. The van der Waals surface area contributed by atoms with Crippen LogP contribution in [0, 0.1) is 16.4 Å². The normalized spacial score (nSPS) is 15.8. The van der Waals surface area contributed by atoms with E-state index in [1.54, 1.807) is 4.90 Å². The van der Waals surface area contributed by atoms with Gasteiger partial charge in [-0.2, -0.15) is 5.10 Å². The summed E-state index contributed by atoms with van der Waals surface area (Å²) in [4.78, 5) is 14.0. The van der Waals surface area contributed by atoms with E-state index in [9.17, 15) is 13.6 Å². The van der Waals surface area contributed by atoms with Crippen LogP contribution < -0.4 is 0 Å². The molecule has 1 aromatic heterocycles. The van der Waals surface area contributed by atoms with Crippen molar-refractivity contribution in [2.75, 3.05) is 13.1 Å². The second kappa shape index (κ2) is 7.03. The number of H-pyrrole nitrogens is 1. The maximum Gasteiger partial charge on any atom is 0.256 e. The number of amides is 1. The molecule has 1 aliphatic rings. The lowest BCUT2D eigenvalue weighted by Crippen LogP contribution is -2.39. The SMILES string of the molecule is CC(C)n1c(C2CCN(C(=O)c3cccc(F)c3F)CC2)n[nH]c1=S. The van der Waals surface area contributed by atoms with Gasteiger partial charge in [0.25, 0.3) is 5.91 Å². The standard InChI is InChI=1S/C17H20F2N4OS/c1-10(2)23-15(20-21-17(23)25)11-6-8-22(9-7-11)16(24)12-4-3-5-13(18)14(12)19/h3-5,10-11H,6-9H2,1-2H3,(H,21,25). The summed E-state index contributed by atoms with van der Waals surface area (Å²) in [7, 11) is 0. The Morgan fingerprint density at radius 1 is 1.32 bits per heavy atom. The molecule has 25 heavy (non-hydrogen) atoms. The first-order valence-corrected chi connectivity index (χ1v) is 8.71. The Morgan fingerprint density at radius 3 is 2.64 bits per heavy atom. The summed E-state index contributed by atoms with van der Waals surface area (Å²) in [6.07, 6.45) is 1.41. The van der Waals surface area contributed by atoms with E-state index in [2.05, 4.69) is 10.2 Å². The first kappa shape index (κ1) is 17.7. The van der Waals surface area contributed by atoms with Crippen molar-refractivity contribution in [3.05, 3.63) is 46.0 Å². The lowest BCUT2D eigenvalue weighted by Gasteiger charge is -2.32. The Morgan fingerprint density at radius 2 is 2.00 bits per heavy atom. The molecular weight excluding hydrogens is 346 g/mol. The second-order valence-electron chi connectivity index (χ2n) is 6.52. The van der Waals surface area contributed by atoms with E-state index in [1.807, 2.05) is 18.4 Å². The van der Waals surface area contributed by atoms with Crippen LogP contribution in [0.2, 0.25) is 0 Å². The molecule has 0 radical (unpaired) electrons. The van der Waals surface area contributed by atoms with Gasteiger partial charge in [-0.05, 0) is 51.0 Å². The Kier molecular flexibility index (Phi) is 4.99. The van der Waals surface area contributed by atoms with E-state index in [-0.39, 0.29) is 17.5 Å². The van der Waals surface area contributed by atoms with Crippen LogP contribution in [0.4, 0.5) is 8.78 Å². The lowest BCUT2D eigenvalue weighted by atomic mass is 9.95. The molecule has 5 nitrogen and oxygen atoms in total. The number of benzene rings is 1. The zero-order valence-corrected chi connectivity index (χ0v) is 14.9. The maximum atomic E-state index is 13.8. The Labute approximate surface area is 149 Å². The number of hydrogen-bond donors (Lipinski definition) is 1.